The molecule has 1 aliphatic carbocycles. The molecular formula is C25H27N3O4S2. The molecule has 178 valence electrons. The van der Waals surface area contributed by atoms with Crippen molar-refractivity contribution in [2.45, 2.75) is 43.8 Å². The van der Waals surface area contributed by atoms with E-state index in [0.717, 1.165) is 23.3 Å². The van der Waals surface area contributed by atoms with E-state index >= 15 is 0 Å². The van der Waals surface area contributed by atoms with Crippen LogP contribution in [0.4, 0.5) is 5.69 Å². The van der Waals surface area contributed by atoms with Crippen molar-refractivity contribution < 1.29 is 18.0 Å². The summed E-state index contributed by atoms with van der Waals surface area (Å²) in [4.78, 5) is 27.6. The van der Waals surface area contributed by atoms with Gasteiger partial charge in [0.1, 0.15) is 0 Å². The molecule has 1 N–H and O–H groups in total. The molecule has 7 nitrogen and oxygen atoms in total. The molecule has 34 heavy (non-hydrogen) atoms. The third kappa shape index (κ3) is 6.11. The van der Waals surface area contributed by atoms with E-state index in [0.29, 0.717) is 18.8 Å². The quantitative estimate of drug-likeness (QED) is 0.457. The third-order valence-electron chi connectivity index (χ3n) is 5.52. The molecule has 0 spiro atoms. The molecular weight excluding hydrogens is 470 g/mol. The molecule has 0 bridgehead atoms. The predicted octanol–water partition coefficient (Wildman–Crippen LogP) is 4.09. The summed E-state index contributed by atoms with van der Waals surface area (Å²) in [5, 5.41) is 4.60. The van der Waals surface area contributed by atoms with Crippen molar-refractivity contribution in [2.75, 3.05) is 11.9 Å². The fourth-order valence-corrected chi connectivity index (χ4v) is 6.04. The lowest BCUT2D eigenvalue weighted by molar-refractivity contribution is -0.132. The number of hydrogen-bond donors (Lipinski definition) is 1. The van der Waals surface area contributed by atoms with Crippen molar-refractivity contribution in [3.8, 4) is 0 Å². The number of nitrogens with zero attached hydrogens (tertiary/aromatic N) is 2. The first-order chi connectivity index (χ1) is 16.3. The van der Waals surface area contributed by atoms with Crippen molar-refractivity contribution in [3.05, 3.63) is 82.6 Å². The lowest BCUT2D eigenvalue weighted by atomic mass is 10.2. The van der Waals surface area contributed by atoms with Gasteiger partial charge in [-0.25, -0.2) is 8.42 Å². The third-order valence-corrected chi connectivity index (χ3v) is 8.30. The second-order valence-corrected chi connectivity index (χ2v) is 11.2. The maximum atomic E-state index is 13.5. The van der Waals surface area contributed by atoms with Crippen LogP contribution in [-0.2, 0) is 32.7 Å². The van der Waals surface area contributed by atoms with Crippen LogP contribution in [0.2, 0.25) is 0 Å². The molecule has 1 fully saturated rings. The van der Waals surface area contributed by atoms with Gasteiger partial charge in [-0.15, -0.1) is 11.3 Å². The van der Waals surface area contributed by atoms with Crippen molar-refractivity contribution in [1.82, 2.24) is 9.21 Å². The van der Waals surface area contributed by atoms with Crippen LogP contribution < -0.4 is 5.32 Å². The molecule has 2 amide bonds. The van der Waals surface area contributed by atoms with E-state index in [1.165, 1.54) is 23.4 Å². The molecule has 1 heterocycles. The van der Waals surface area contributed by atoms with Crippen LogP contribution in [0.5, 0.6) is 0 Å². The molecule has 1 aromatic heterocycles. The van der Waals surface area contributed by atoms with Crippen LogP contribution in [0.25, 0.3) is 0 Å². The van der Waals surface area contributed by atoms with E-state index < -0.39 is 10.0 Å². The van der Waals surface area contributed by atoms with E-state index in [1.54, 1.807) is 28.4 Å². The summed E-state index contributed by atoms with van der Waals surface area (Å²) in [6.07, 6.45) is 1.47. The number of thiophene rings is 1. The maximum absolute atomic E-state index is 13.5. The molecule has 9 heteroatoms. The van der Waals surface area contributed by atoms with Gasteiger partial charge in [0.2, 0.25) is 21.8 Å². The molecule has 4 rings (SSSR count). The minimum atomic E-state index is -3.87. The fourth-order valence-electron chi connectivity index (χ4n) is 3.68. The lowest BCUT2D eigenvalue weighted by Gasteiger charge is -2.27. The Labute approximate surface area is 204 Å². The first-order valence-electron chi connectivity index (χ1n) is 11.1. The highest BCUT2D eigenvalue weighted by Crippen LogP contribution is 2.32. The predicted molar refractivity (Wildman–Crippen MR) is 133 cm³/mol. The Morgan fingerprint density at radius 1 is 0.971 bits per heavy atom. The van der Waals surface area contributed by atoms with Crippen LogP contribution in [0, 0.1) is 0 Å². The number of benzene rings is 2. The number of carbonyl (C=O) groups is 2. The second-order valence-electron chi connectivity index (χ2n) is 8.30. The summed E-state index contributed by atoms with van der Waals surface area (Å²) in [6.45, 7) is 2.01. The highest BCUT2D eigenvalue weighted by molar-refractivity contribution is 7.89. The Bertz CT molecular complexity index is 1220. The van der Waals surface area contributed by atoms with Gasteiger partial charge in [0.05, 0.1) is 18.0 Å². The van der Waals surface area contributed by atoms with Crippen LogP contribution in [-0.4, -0.2) is 42.0 Å². The summed E-state index contributed by atoms with van der Waals surface area (Å²) < 4.78 is 28.2. The Hall–Kier alpha value is -3.01. The zero-order valence-corrected chi connectivity index (χ0v) is 20.5. The summed E-state index contributed by atoms with van der Waals surface area (Å²) in [7, 11) is -3.87. The smallest absolute Gasteiger partial charge is 0.243 e. The van der Waals surface area contributed by atoms with Crippen molar-refractivity contribution in [2.24, 2.45) is 0 Å². The number of rotatable bonds is 10. The molecule has 1 aliphatic rings. The number of amides is 2. The van der Waals surface area contributed by atoms with Crippen molar-refractivity contribution >= 4 is 38.9 Å². The van der Waals surface area contributed by atoms with Crippen molar-refractivity contribution in [3.63, 3.8) is 0 Å². The maximum Gasteiger partial charge on any atom is 0.243 e. The summed E-state index contributed by atoms with van der Waals surface area (Å²) in [5.41, 5.74) is 1.51. The Morgan fingerprint density at radius 2 is 1.68 bits per heavy atom. The number of anilines is 1. The molecule has 0 unspecified atom stereocenters. The fraction of sp³-hybridized carbons (Fsp3) is 0.280. The minimum Gasteiger partial charge on any atom is -0.332 e. The first kappa shape index (κ1) is 24.1. The van der Waals surface area contributed by atoms with Crippen LogP contribution in [0.15, 0.2) is 77.0 Å². The molecule has 0 saturated heterocycles. The van der Waals surface area contributed by atoms with Gasteiger partial charge in [0, 0.05) is 30.1 Å². The van der Waals surface area contributed by atoms with Gasteiger partial charge in [-0.2, -0.15) is 4.31 Å². The van der Waals surface area contributed by atoms with Gasteiger partial charge in [-0.3, -0.25) is 9.59 Å². The summed E-state index contributed by atoms with van der Waals surface area (Å²) >= 11 is 1.57. The highest BCUT2D eigenvalue weighted by atomic mass is 32.2. The average molecular weight is 498 g/mol. The molecule has 3 aromatic rings. The zero-order chi connectivity index (χ0) is 24.1. The average Bonchev–Trinajstić information content (AvgIpc) is 3.52. The zero-order valence-electron chi connectivity index (χ0n) is 18.9. The van der Waals surface area contributed by atoms with Gasteiger partial charge in [-0.05, 0) is 54.1 Å². The van der Waals surface area contributed by atoms with E-state index in [1.807, 2.05) is 47.8 Å². The molecule has 0 aliphatic heterocycles. The normalized spacial score (nSPS) is 13.6. The number of nitrogens with one attached hydrogen (secondary N) is 1. The van der Waals surface area contributed by atoms with E-state index in [9.17, 15) is 18.0 Å². The second kappa shape index (κ2) is 10.5. The summed E-state index contributed by atoms with van der Waals surface area (Å²) in [6, 6.07) is 19.5. The lowest BCUT2D eigenvalue weighted by Crippen LogP contribution is -2.43. The van der Waals surface area contributed by atoms with Gasteiger partial charge in [-0.1, -0.05) is 36.4 Å². The standard InChI is InChI=1S/C25H27N3O4S2/c1-19(29)26-21-9-13-24(14-10-21)34(31,32)28(22-11-12-22)18-25(30)27(17-23-8-5-15-33-23)16-20-6-3-2-4-7-20/h2-10,13-15,22H,11-12,16-18H2,1H3,(H,26,29). The van der Waals surface area contributed by atoms with E-state index in [2.05, 4.69) is 5.32 Å². The topological polar surface area (TPSA) is 86.8 Å². The van der Waals surface area contributed by atoms with Crippen LogP contribution >= 0.6 is 11.3 Å². The Balaban J connectivity index is 1.54. The highest BCUT2D eigenvalue weighted by Gasteiger charge is 2.40. The molecule has 2 aromatic carbocycles. The van der Waals surface area contributed by atoms with Gasteiger partial charge in [0.25, 0.3) is 0 Å². The number of hydrogen-bond acceptors (Lipinski definition) is 5. The monoisotopic (exact) mass is 497 g/mol. The van der Waals surface area contributed by atoms with Crippen molar-refractivity contribution in [1.29, 1.82) is 0 Å². The summed E-state index contributed by atoms with van der Waals surface area (Å²) in [5.74, 6) is -0.465. The van der Waals surface area contributed by atoms with Gasteiger partial charge in [0.15, 0.2) is 0 Å². The Kier molecular flexibility index (Phi) is 7.45. The largest absolute Gasteiger partial charge is 0.332 e. The first-order valence-corrected chi connectivity index (χ1v) is 13.4. The van der Waals surface area contributed by atoms with Gasteiger partial charge < -0.3 is 10.2 Å². The molecule has 1 saturated carbocycles. The van der Waals surface area contributed by atoms with E-state index in [4.69, 9.17) is 0 Å². The SMILES string of the molecule is CC(=O)Nc1ccc(S(=O)(=O)N(CC(=O)N(Cc2ccccc2)Cc2cccs2)C2CC2)cc1. The van der Waals surface area contributed by atoms with Crippen LogP contribution in [0.3, 0.4) is 0 Å². The van der Waals surface area contributed by atoms with E-state index in [-0.39, 0.29) is 29.3 Å². The Morgan fingerprint density at radius 3 is 2.26 bits per heavy atom. The number of sulfonamides is 1. The molecule has 0 radical (unpaired) electrons. The molecule has 0 atom stereocenters. The van der Waals surface area contributed by atoms with Crippen LogP contribution in [0.1, 0.15) is 30.2 Å². The number of carbonyl (C=O) groups excluding carboxylic acids is 2. The minimum absolute atomic E-state index is 0.106. The van der Waals surface area contributed by atoms with Gasteiger partial charge >= 0.3 is 0 Å².